The average Bonchev–Trinajstić information content (AvgIpc) is 2.77. The molecule has 0 spiro atoms. The molecule has 1 aromatic rings. The number of nitrogens with zero attached hydrogens (tertiary/aromatic N) is 3. The second kappa shape index (κ2) is 5.26. The van der Waals surface area contributed by atoms with Crippen molar-refractivity contribution in [2.75, 3.05) is 0 Å². The van der Waals surface area contributed by atoms with E-state index < -0.39 is 12.2 Å². The molecule has 0 saturated carbocycles. The van der Waals surface area contributed by atoms with Gasteiger partial charge in [-0.15, -0.1) is 5.10 Å². The van der Waals surface area contributed by atoms with Crippen molar-refractivity contribution in [2.24, 2.45) is 0 Å². The molecular weight excluding hydrogens is 245 g/mol. The summed E-state index contributed by atoms with van der Waals surface area (Å²) in [4.78, 5) is 0. The zero-order valence-electron chi connectivity index (χ0n) is 10.2. The van der Waals surface area contributed by atoms with Crippen LogP contribution in [0.2, 0.25) is 0 Å². The highest BCUT2D eigenvalue weighted by Crippen LogP contribution is 2.32. The number of alkyl halides is 3. The van der Waals surface area contributed by atoms with Crippen molar-refractivity contribution in [1.82, 2.24) is 20.3 Å². The van der Waals surface area contributed by atoms with Crippen molar-refractivity contribution in [3.8, 4) is 0 Å². The third-order valence-corrected chi connectivity index (χ3v) is 3.22. The second-order valence-electron chi connectivity index (χ2n) is 4.63. The Morgan fingerprint density at radius 1 is 1.44 bits per heavy atom. The largest absolute Gasteiger partial charge is 0.403 e. The van der Waals surface area contributed by atoms with E-state index in [4.69, 9.17) is 0 Å². The predicted octanol–water partition coefficient (Wildman–Crippen LogP) is 2.43. The molecular formula is C11H17F3N4. The maximum atomic E-state index is 12.7. The lowest BCUT2D eigenvalue weighted by Crippen LogP contribution is -2.47. The Bertz CT molecular complexity index is 388. The second-order valence-corrected chi connectivity index (χ2v) is 4.63. The van der Waals surface area contributed by atoms with Crippen LogP contribution in [0.25, 0.3) is 0 Å². The van der Waals surface area contributed by atoms with Gasteiger partial charge in [-0.3, -0.25) is 5.32 Å². The third-order valence-electron chi connectivity index (χ3n) is 3.22. The number of aromatic nitrogens is 3. The highest BCUT2D eigenvalue weighted by atomic mass is 19.4. The molecule has 7 heteroatoms. The molecule has 1 saturated heterocycles. The van der Waals surface area contributed by atoms with Gasteiger partial charge in [-0.25, -0.2) is 4.68 Å². The minimum atomic E-state index is -4.18. The Balaban J connectivity index is 2.11. The predicted molar refractivity (Wildman–Crippen MR) is 59.9 cm³/mol. The van der Waals surface area contributed by atoms with Gasteiger partial charge in [0.2, 0.25) is 0 Å². The summed E-state index contributed by atoms with van der Waals surface area (Å²) in [6, 6.07) is -1.71. The molecule has 0 aromatic carbocycles. The van der Waals surface area contributed by atoms with Crippen molar-refractivity contribution in [1.29, 1.82) is 0 Å². The molecule has 1 aliphatic rings. The van der Waals surface area contributed by atoms with Gasteiger partial charge in [0.25, 0.3) is 0 Å². The van der Waals surface area contributed by atoms with Gasteiger partial charge in [-0.05, 0) is 25.7 Å². The topological polar surface area (TPSA) is 42.7 Å². The first-order chi connectivity index (χ1) is 8.52. The lowest BCUT2D eigenvalue weighted by Gasteiger charge is -2.32. The standard InChI is InChI=1S/C11H17F3N4/c1-2-6-18-9(7-15-17-18)8-4-3-5-10(16-8)11(12,13)14/h7-8,10,16H,2-6H2,1H3. The number of hydrogen-bond donors (Lipinski definition) is 1. The van der Waals surface area contributed by atoms with Crippen molar-refractivity contribution in [2.45, 2.75) is 57.4 Å². The summed E-state index contributed by atoms with van der Waals surface area (Å²) in [5.74, 6) is 0. The first kappa shape index (κ1) is 13.3. The molecule has 4 nitrogen and oxygen atoms in total. The van der Waals surface area contributed by atoms with E-state index in [2.05, 4.69) is 15.6 Å². The number of hydrogen-bond acceptors (Lipinski definition) is 3. The van der Waals surface area contributed by atoms with Gasteiger partial charge in [0.05, 0.1) is 17.9 Å². The highest BCUT2D eigenvalue weighted by molar-refractivity contribution is 5.05. The van der Waals surface area contributed by atoms with E-state index in [9.17, 15) is 13.2 Å². The first-order valence-corrected chi connectivity index (χ1v) is 6.23. The van der Waals surface area contributed by atoms with Crippen LogP contribution in [0.4, 0.5) is 13.2 Å². The van der Waals surface area contributed by atoms with Crippen LogP contribution >= 0.6 is 0 Å². The summed E-state index contributed by atoms with van der Waals surface area (Å²) in [5.41, 5.74) is 0.755. The van der Waals surface area contributed by atoms with Gasteiger partial charge in [-0.1, -0.05) is 12.1 Å². The molecule has 2 heterocycles. The number of piperidine rings is 1. The number of nitrogens with one attached hydrogen (secondary N) is 1. The Labute approximate surface area is 104 Å². The van der Waals surface area contributed by atoms with Gasteiger partial charge in [-0.2, -0.15) is 13.2 Å². The maximum Gasteiger partial charge on any atom is 0.403 e. The zero-order valence-corrected chi connectivity index (χ0v) is 10.2. The molecule has 2 rings (SSSR count). The quantitative estimate of drug-likeness (QED) is 0.909. The number of halogens is 3. The normalized spacial score (nSPS) is 25.3. The van der Waals surface area contributed by atoms with E-state index in [0.29, 0.717) is 19.4 Å². The molecule has 0 amide bonds. The summed E-state index contributed by atoms with van der Waals surface area (Å²) in [7, 11) is 0. The fourth-order valence-corrected chi connectivity index (χ4v) is 2.35. The van der Waals surface area contributed by atoms with E-state index in [0.717, 1.165) is 12.1 Å². The van der Waals surface area contributed by atoms with Crippen LogP contribution in [-0.4, -0.2) is 27.2 Å². The van der Waals surface area contributed by atoms with E-state index in [1.165, 1.54) is 0 Å². The zero-order chi connectivity index (χ0) is 13.2. The van der Waals surface area contributed by atoms with Crippen LogP contribution in [-0.2, 0) is 6.54 Å². The van der Waals surface area contributed by atoms with Crippen molar-refractivity contribution in [3.05, 3.63) is 11.9 Å². The first-order valence-electron chi connectivity index (χ1n) is 6.23. The molecule has 18 heavy (non-hydrogen) atoms. The molecule has 2 atom stereocenters. The molecule has 0 radical (unpaired) electrons. The van der Waals surface area contributed by atoms with Crippen molar-refractivity contribution < 1.29 is 13.2 Å². The summed E-state index contributed by atoms with van der Waals surface area (Å²) in [5, 5.41) is 10.4. The van der Waals surface area contributed by atoms with Crippen LogP contribution in [0.5, 0.6) is 0 Å². The summed E-state index contributed by atoms with van der Waals surface area (Å²) in [6.07, 6.45) is -0.322. The van der Waals surface area contributed by atoms with Crippen LogP contribution in [0.15, 0.2) is 6.20 Å². The van der Waals surface area contributed by atoms with Crippen molar-refractivity contribution in [3.63, 3.8) is 0 Å². The Kier molecular flexibility index (Phi) is 3.89. The van der Waals surface area contributed by atoms with E-state index >= 15 is 0 Å². The SMILES string of the molecule is CCCn1nncc1C1CCCC(C(F)(F)F)N1. The fraction of sp³-hybridized carbons (Fsp3) is 0.818. The van der Waals surface area contributed by atoms with Gasteiger partial charge >= 0.3 is 6.18 Å². The Morgan fingerprint density at radius 3 is 2.89 bits per heavy atom. The molecule has 2 unspecified atom stereocenters. The molecule has 1 aliphatic heterocycles. The minimum absolute atomic E-state index is 0.148. The number of rotatable bonds is 3. The molecule has 1 aromatic heterocycles. The summed E-state index contributed by atoms with van der Waals surface area (Å²) in [6.45, 7) is 2.68. The van der Waals surface area contributed by atoms with Crippen LogP contribution in [0, 0.1) is 0 Å². The van der Waals surface area contributed by atoms with E-state index in [1.807, 2.05) is 6.92 Å². The summed E-state index contributed by atoms with van der Waals surface area (Å²) >= 11 is 0. The van der Waals surface area contributed by atoms with Gasteiger partial charge < -0.3 is 0 Å². The molecule has 1 N–H and O–H groups in total. The average molecular weight is 262 g/mol. The molecule has 0 bridgehead atoms. The van der Waals surface area contributed by atoms with Gasteiger partial charge in [0, 0.05) is 6.54 Å². The molecule has 102 valence electrons. The lowest BCUT2D eigenvalue weighted by molar-refractivity contribution is -0.163. The summed E-state index contributed by atoms with van der Waals surface area (Å²) < 4.78 is 39.8. The fourth-order valence-electron chi connectivity index (χ4n) is 2.35. The van der Waals surface area contributed by atoms with Crippen molar-refractivity contribution >= 4 is 0 Å². The maximum absolute atomic E-state index is 12.7. The van der Waals surface area contributed by atoms with Crippen LogP contribution in [0.1, 0.15) is 44.3 Å². The smallest absolute Gasteiger partial charge is 0.298 e. The highest BCUT2D eigenvalue weighted by Gasteiger charge is 2.42. The van der Waals surface area contributed by atoms with Gasteiger partial charge in [0.1, 0.15) is 6.04 Å². The lowest BCUT2D eigenvalue weighted by atomic mass is 9.96. The third kappa shape index (κ3) is 2.82. The monoisotopic (exact) mass is 262 g/mol. The minimum Gasteiger partial charge on any atom is -0.298 e. The Hall–Kier alpha value is -1.11. The Morgan fingerprint density at radius 2 is 2.22 bits per heavy atom. The van der Waals surface area contributed by atoms with E-state index in [-0.39, 0.29) is 12.5 Å². The molecule has 0 aliphatic carbocycles. The van der Waals surface area contributed by atoms with E-state index in [1.54, 1.807) is 10.9 Å². The number of aryl methyl sites for hydroxylation is 1. The molecule has 1 fully saturated rings. The van der Waals surface area contributed by atoms with Crippen LogP contribution < -0.4 is 5.32 Å². The van der Waals surface area contributed by atoms with Crippen LogP contribution in [0.3, 0.4) is 0 Å². The van der Waals surface area contributed by atoms with Gasteiger partial charge in [0.15, 0.2) is 0 Å².